The van der Waals surface area contributed by atoms with Crippen LogP contribution in [0, 0.1) is 0 Å². The molecular formula is C19H23N3O. The number of hydrogen-bond donors (Lipinski definition) is 2. The molecule has 1 aliphatic rings. The molecule has 0 fully saturated rings. The van der Waals surface area contributed by atoms with Gasteiger partial charge in [-0.3, -0.25) is 9.78 Å². The molecule has 2 heterocycles. The van der Waals surface area contributed by atoms with E-state index < -0.39 is 0 Å². The number of anilines is 2. The summed E-state index contributed by atoms with van der Waals surface area (Å²) < 4.78 is 0. The van der Waals surface area contributed by atoms with E-state index in [1.807, 2.05) is 18.3 Å². The number of pyridine rings is 1. The second-order valence-corrected chi connectivity index (χ2v) is 6.18. The maximum atomic E-state index is 11.7. The van der Waals surface area contributed by atoms with Crippen LogP contribution < -0.4 is 10.6 Å². The Morgan fingerprint density at radius 3 is 3.00 bits per heavy atom. The molecule has 23 heavy (non-hydrogen) atoms. The van der Waals surface area contributed by atoms with Crippen LogP contribution in [-0.4, -0.2) is 16.9 Å². The Morgan fingerprint density at radius 2 is 2.17 bits per heavy atom. The molecule has 0 saturated carbocycles. The minimum absolute atomic E-state index is 0.115. The first-order valence-electron chi connectivity index (χ1n) is 8.30. The molecule has 2 aromatic rings. The standard InChI is InChI=1S/C19H23N3O/c1-14(8-10-16-6-2-3-12-20-16)21-17-11-9-15-5-4-7-19(23)22-18(15)13-17/h2-3,6,9,11-14,21H,4-5,7-8,10H2,1H3,(H,22,23). The molecular weight excluding hydrogens is 286 g/mol. The molecule has 2 N–H and O–H groups in total. The lowest BCUT2D eigenvalue weighted by Crippen LogP contribution is -2.16. The molecule has 1 aromatic carbocycles. The fourth-order valence-electron chi connectivity index (χ4n) is 2.92. The van der Waals surface area contributed by atoms with Crippen molar-refractivity contribution in [2.45, 2.75) is 45.1 Å². The first-order valence-corrected chi connectivity index (χ1v) is 8.30. The molecule has 1 atom stereocenters. The molecule has 1 aliphatic heterocycles. The van der Waals surface area contributed by atoms with Gasteiger partial charge in [-0.05, 0) is 62.4 Å². The molecule has 4 nitrogen and oxygen atoms in total. The van der Waals surface area contributed by atoms with Gasteiger partial charge in [0.15, 0.2) is 0 Å². The molecule has 120 valence electrons. The molecule has 3 rings (SSSR count). The minimum Gasteiger partial charge on any atom is -0.383 e. The number of amides is 1. The number of nitrogens with zero attached hydrogens (tertiary/aromatic N) is 1. The summed E-state index contributed by atoms with van der Waals surface area (Å²) in [4.78, 5) is 16.1. The molecule has 0 aliphatic carbocycles. The highest BCUT2D eigenvalue weighted by molar-refractivity contribution is 5.92. The van der Waals surface area contributed by atoms with Crippen molar-refractivity contribution in [2.24, 2.45) is 0 Å². The average Bonchev–Trinajstić information content (AvgIpc) is 2.74. The summed E-state index contributed by atoms with van der Waals surface area (Å²) >= 11 is 0. The Kier molecular flexibility index (Phi) is 4.91. The van der Waals surface area contributed by atoms with Crippen LogP contribution in [0.2, 0.25) is 0 Å². The van der Waals surface area contributed by atoms with E-state index in [-0.39, 0.29) is 5.91 Å². The van der Waals surface area contributed by atoms with E-state index in [1.165, 1.54) is 5.56 Å². The first-order chi connectivity index (χ1) is 11.2. The van der Waals surface area contributed by atoms with Gasteiger partial charge in [-0.2, -0.15) is 0 Å². The average molecular weight is 309 g/mol. The third kappa shape index (κ3) is 4.31. The summed E-state index contributed by atoms with van der Waals surface area (Å²) in [7, 11) is 0. The zero-order chi connectivity index (χ0) is 16.1. The number of fused-ring (bicyclic) bond motifs is 1. The minimum atomic E-state index is 0.115. The fourth-order valence-corrected chi connectivity index (χ4v) is 2.92. The van der Waals surface area contributed by atoms with Crippen LogP contribution in [0.25, 0.3) is 0 Å². The summed E-state index contributed by atoms with van der Waals surface area (Å²) in [6.45, 7) is 2.17. The van der Waals surface area contributed by atoms with E-state index in [0.717, 1.165) is 42.8 Å². The predicted molar refractivity (Wildman–Crippen MR) is 93.7 cm³/mol. The summed E-state index contributed by atoms with van der Waals surface area (Å²) in [6.07, 6.45) is 6.30. The lowest BCUT2D eigenvalue weighted by molar-refractivity contribution is -0.116. The molecule has 0 saturated heterocycles. The molecule has 1 amide bonds. The first kappa shape index (κ1) is 15.5. The van der Waals surface area contributed by atoms with Crippen LogP contribution in [0.1, 0.15) is 37.4 Å². The summed E-state index contributed by atoms with van der Waals surface area (Å²) in [5.74, 6) is 0.115. The topological polar surface area (TPSA) is 54.0 Å². The normalized spacial score (nSPS) is 15.3. The number of aryl methyl sites for hydroxylation is 2. The quantitative estimate of drug-likeness (QED) is 0.883. The molecule has 4 heteroatoms. The number of aromatic nitrogens is 1. The summed E-state index contributed by atoms with van der Waals surface area (Å²) in [5, 5.41) is 6.52. The van der Waals surface area contributed by atoms with Crippen molar-refractivity contribution in [1.29, 1.82) is 0 Å². The van der Waals surface area contributed by atoms with Gasteiger partial charge in [-0.1, -0.05) is 12.1 Å². The van der Waals surface area contributed by atoms with E-state index >= 15 is 0 Å². The maximum absolute atomic E-state index is 11.7. The lowest BCUT2D eigenvalue weighted by Gasteiger charge is -2.17. The largest absolute Gasteiger partial charge is 0.383 e. The van der Waals surface area contributed by atoms with Gasteiger partial charge in [-0.25, -0.2) is 0 Å². The Balaban J connectivity index is 1.60. The molecule has 0 radical (unpaired) electrons. The number of nitrogens with one attached hydrogen (secondary N) is 2. The van der Waals surface area contributed by atoms with E-state index in [4.69, 9.17) is 0 Å². The van der Waals surface area contributed by atoms with Crippen LogP contribution >= 0.6 is 0 Å². The van der Waals surface area contributed by atoms with E-state index in [2.05, 4.69) is 46.8 Å². The van der Waals surface area contributed by atoms with Gasteiger partial charge in [-0.15, -0.1) is 0 Å². The van der Waals surface area contributed by atoms with E-state index in [9.17, 15) is 4.79 Å². The van der Waals surface area contributed by atoms with Crippen molar-refractivity contribution >= 4 is 17.3 Å². The number of rotatable bonds is 5. The molecule has 1 aromatic heterocycles. The van der Waals surface area contributed by atoms with Crippen molar-refractivity contribution in [3.05, 3.63) is 53.9 Å². The van der Waals surface area contributed by atoms with Gasteiger partial charge in [0.25, 0.3) is 0 Å². The Bertz CT molecular complexity index is 670. The van der Waals surface area contributed by atoms with Crippen molar-refractivity contribution in [2.75, 3.05) is 10.6 Å². The van der Waals surface area contributed by atoms with E-state index in [0.29, 0.717) is 12.5 Å². The van der Waals surface area contributed by atoms with Crippen molar-refractivity contribution in [3.8, 4) is 0 Å². The summed E-state index contributed by atoms with van der Waals surface area (Å²) in [6, 6.07) is 12.6. The third-order valence-corrected chi connectivity index (χ3v) is 4.21. The third-order valence-electron chi connectivity index (χ3n) is 4.21. The van der Waals surface area contributed by atoms with Gasteiger partial charge >= 0.3 is 0 Å². The maximum Gasteiger partial charge on any atom is 0.224 e. The smallest absolute Gasteiger partial charge is 0.224 e. The second-order valence-electron chi connectivity index (χ2n) is 6.18. The fraction of sp³-hybridized carbons (Fsp3) is 0.368. The van der Waals surface area contributed by atoms with Crippen LogP contribution in [0.4, 0.5) is 11.4 Å². The highest BCUT2D eigenvalue weighted by atomic mass is 16.1. The van der Waals surface area contributed by atoms with Crippen LogP contribution in [-0.2, 0) is 17.6 Å². The van der Waals surface area contributed by atoms with Crippen LogP contribution in [0.3, 0.4) is 0 Å². The SMILES string of the molecule is CC(CCc1ccccn1)Nc1ccc2c(c1)NC(=O)CCC2. The number of hydrogen-bond acceptors (Lipinski definition) is 3. The highest BCUT2D eigenvalue weighted by Crippen LogP contribution is 2.26. The van der Waals surface area contributed by atoms with Crippen molar-refractivity contribution in [3.63, 3.8) is 0 Å². The molecule has 1 unspecified atom stereocenters. The van der Waals surface area contributed by atoms with Gasteiger partial charge in [0, 0.05) is 35.7 Å². The molecule has 0 bridgehead atoms. The lowest BCUT2D eigenvalue weighted by atomic mass is 10.1. The van der Waals surface area contributed by atoms with Crippen LogP contribution in [0.15, 0.2) is 42.6 Å². The number of carbonyl (C=O) groups is 1. The summed E-state index contributed by atoms with van der Waals surface area (Å²) in [5.41, 5.74) is 4.35. The second kappa shape index (κ2) is 7.27. The Labute approximate surface area is 137 Å². The van der Waals surface area contributed by atoms with Gasteiger partial charge in [0.1, 0.15) is 0 Å². The van der Waals surface area contributed by atoms with Gasteiger partial charge in [0.05, 0.1) is 0 Å². The van der Waals surface area contributed by atoms with Crippen LogP contribution in [0.5, 0.6) is 0 Å². The van der Waals surface area contributed by atoms with Gasteiger partial charge < -0.3 is 10.6 Å². The van der Waals surface area contributed by atoms with E-state index in [1.54, 1.807) is 0 Å². The molecule has 0 spiro atoms. The Hall–Kier alpha value is -2.36. The number of carbonyl (C=O) groups excluding carboxylic acids is 1. The highest BCUT2D eigenvalue weighted by Gasteiger charge is 2.13. The predicted octanol–water partition coefficient (Wildman–Crippen LogP) is 3.79. The number of benzene rings is 1. The van der Waals surface area contributed by atoms with Crippen molar-refractivity contribution in [1.82, 2.24) is 4.98 Å². The zero-order valence-corrected chi connectivity index (χ0v) is 13.5. The zero-order valence-electron chi connectivity index (χ0n) is 13.5. The van der Waals surface area contributed by atoms with Crippen molar-refractivity contribution < 1.29 is 4.79 Å². The monoisotopic (exact) mass is 309 g/mol. The van der Waals surface area contributed by atoms with Gasteiger partial charge in [0.2, 0.25) is 5.91 Å². The Morgan fingerprint density at radius 1 is 1.26 bits per heavy atom.